The summed E-state index contributed by atoms with van der Waals surface area (Å²) in [4.78, 5) is 19.0. The molecule has 1 atom stereocenters. The van der Waals surface area contributed by atoms with Crippen LogP contribution in [0.1, 0.15) is 40.8 Å². The van der Waals surface area contributed by atoms with Crippen molar-refractivity contribution in [2.75, 3.05) is 13.1 Å². The molecule has 1 aliphatic heterocycles. The summed E-state index contributed by atoms with van der Waals surface area (Å²) in [6, 6.07) is 7.60. The van der Waals surface area contributed by atoms with Crippen molar-refractivity contribution in [3.63, 3.8) is 0 Å². The number of piperidine rings is 1. The van der Waals surface area contributed by atoms with E-state index in [-0.39, 0.29) is 11.9 Å². The van der Waals surface area contributed by atoms with E-state index in [4.69, 9.17) is 10.5 Å². The first-order valence-electron chi connectivity index (χ1n) is 8.71. The average molecular weight is 359 g/mol. The summed E-state index contributed by atoms with van der Waals surface area (Å²) in [5.74, 6) is 1.28. The molecule has 0 radical (unpaired) electrons. The molecule has 1 aromatic heterocycles. The molecule has 2 aromatic rings. The lowest BCUT2D eigenvalue weighted by atomic mass is 9.90. The highest BCUT2D eigenvalue weighted by atomic mass is 32.1. The van der Waals surface area contributed by atoms with Crippen molar-refractivity contribution in [2.24, 2.45) is 11.7 Å². The Morgan fingerprint density at radius 1 is 1.44 bits per heavy atom. The first kappa shape index (κ1) is 17.9. The van der Waals surface area contributed by atoms with E-state index >= 15 is 0 Å². The molecule has 1 aliphatic rings. The minimum atomic E-state index is 0.0677. The third-order valence-corrected chi connectivity index (χ3v) is 5.53. The lowest BCUT2D eigenvalue weighted by Crippen LogP contribution is -2.42. The molecule has 25 heavy (non-hydrogen) atoms. The zero-order valence-corrected chi connectivity index (χ0v) is 15.6. The van der Waals surface area contributed by atoms with E-state index in [0.29, 0.717) is 23.8 Å². The number of nitrogens with zero attached hydrogens (tertiary/aromatic N) is 2. The summed E-state index contributed by atoms with van der Waals surface area (Å²) in [6.45, 7) is 5.99. The Kier molecular flexibility index (Phi) is 5.71. The number of likely N-dealkylation sites (tertiary alicyclic amines) is 1. The fourth-order valence-corrected chi connectivity index (χ4v) is 3.76. The number of hydrogen-bond donors (Lipinski definition) is 1. The quantitative estimate of drug-likeness (QED) is 0.890. The Morgan fingerprint density at radius 2 is 2.20 bits per heavy atom. The number of amides is 1. The summed E-state index contributed by atoms with van der Waals surface area (Å²) < 4.78 is 5.79. The Hall–Kier alpha value is -1.92. The predicted molar refractivity (Wildman–Crippen MR) is 99.9 cm³/mol. The molecule has 0 spiro atoms. The zero-order chi connectivity index (χ0) is 17.8. The average Bonchev–Trinajstić information content (AvgIpc) is 3.05. The number of aryl methyl sites for hydroxylation is 1. The van der Waals surface area contributed by atoms with Gasteiger partial charge in [0, 0.05) is 30.1 Å². The van der Waals surface area contributed by atoms with Gasteiger partial charge in [-0.15, -0.1) is 11.3 Å². The zero-order valence-electron chi connectivity index (χ0n) is 14.8. The Bertz CT molecular complexity index is 721. The molecular weight excluding hydrogens is 334 g/mol. The first-order chi connectivity index (χ1) is 12.0. The molecule has 2 heterocycles. The normalized spacial score (nSPS) is 16.7. The van der Waals surface area contributed by atoms with Gasteiger partial charge < -0.3 is 15.4 Å². The van der Waals surface area contributed by atoms with Crippen molar-refractivity contribution < 1.29 is 9.53 Å². The van der Waals surface area contributed by atoms with E-state index in [1.165, 1.54) is 0 Å². The standard InChI is InChI=1S/C19H25N3O2S/c1-13(20)15-6-8-22(9-7-15)19(23)16-4-3-5-18(10-16)24-11-17-12-25-14(2)21-17/h3-5,10,12-13,15H,6-9,11,20H2,1-2H3. The van der Waals surface area contributed by atoms with Crippen LogP contribution in [-0.4, -0.2) is 34.9 Å². The first-order valence-corrected chi connectivity index (χ1v) is 9.59. The number of aromatic nitrogens is 1. The van der Waals surface area contributed by atoms with Gasteiger partial charge in [-0.1, -0.05) is 6.07 Å². The number of rotatable bonds is 5. The highest BCUT2D eigenvalue weighted by Crippen LogP contribution is 2.22. The molecule has 0 aliphatic carbocycles. The van der Waals surface area contributed by atoms with Gasteiger partial charge >= 0.3 is 0 Å². The van der Waals surface area contributed by atoms with E-state index < -0.39 is 0 Å². The van der Waals surface area contributed by atoms with E-state index in [2.05, 4.69) is 4.98 Å². The third-order valence-electron chi connectivity index (χ3n) is 4.70. The Labute approximate surface area is 152 Å². The highest BCUT2D eigenvalue weighted by molar-refractivity contribution is 7.09. The van der Waals surface area contributed by atoms with Gasteiger partial charge in [-0.05, 0) is 50.8 Å². The number of ether oxygens (including phenoxy) is 1. The Balaban J connectivity index is 1.60. The molecule has 0 saturated carbocycles. The van der Waals surface area contributed by atoms with Crippen molar-refractivity contribution in [3.8, 4) is 5.75 Å². The molecule has 1 unspecified atom stereocenters. The summed E-state index contributed by atoms with van der Waals surface area (Å²) in [5.41, 5.74) is 7.56. The minimum absolute atomic E-state index is 0.0677. The monoisotopic (exact) mass is 359 g/mol. The van der Waals surface area contributed by atoms with Gasteiger partial charge in [0.2, 0.25) is 0 Å². The van der Waals surface area contributed by atoms with Crippen LogP contribution in [0.25, 0.3) is 0 Å². The molecule has 0 bridgehead atoms. The number of nitrogens with two attached hydrogens (primary N) is 1. The Morgan fingerprint density at radius 3 is 2.84 bits per heavy atom. The molecule has 6 heteroatoms. The van der Waals surface area contributed by atoms with Crippen LogP contribution in [0.2, 0.25) is 0 Å². The maximum atomic E-state index is 12.7. The fourth-order valence-electron chi connectivity index (χ4n) is 3.16. The van der Waals surface area contributed by atoms with Gasteiger partial charge in [0.15, 0.2) is 0 Å². The van der Waals surface area contributed by atoms with Gasteiger partial charge in [-0.2, -0.15) is 0 Å². The molecule has 1 aromatic carbocycles. The number of benzene rings is 1. The van der Waals surface area contributed by atoms with Crippen molar-refractivity contribution in [1.29, 1.82) is 0 Å². The van der Waals surface area contributed by atoms with Crippen molar-refractivity contribution in [2.45, 2.75) is 39.3 Å². The number of carbonyl (C=O) groups excluding carboxylic acids is 1. The van der Waals surface area contributed by atoms with Gasteiger partial charge in [-0.25, -0.2) is 4.98 Å². The second-order valence-electron chi connectivity index (χ2n) is 6.66. The van der Waals surface area contributed by atoms with Crippen LogP contribution in [0.5, 0.6) is 5.75 Å². The second kappa shape index (κ2) is 7.97. The van der Waals surface area contributed by atoms with Crippen molar-refractivity contribution >= 4 is 17.2 Å². The van der Waals surface area contributed by atoms with Crippen LogP contribution in [0, 0.1) is 12.8 Å². The molecule has 134 valence electrons. The summed E-state index contributed by atoms with van der Waals surface area (Å²) in [5, 5.41) is 3.02. The highest BCUT2D eigenvalue weighted by Gasteiger charge is 2.25. The maximum Gasteiger partial charge on any atom is 0.253 e. The fraction of sp³-hybridized carbons (Fsp3) is 0.474. The largest absolute Gasteiger partial charge is 0.487 e. The summed E-state index contributed by atoms with van der Waals surface area (Å²) in [7, 11) is 0. The van der Waals surface area contributed by atoms with E-state index in [1.807, 2.05) is 48.4 Å². The molecule has 1 fully saturated rings. The van der Waals surface area contributed by atoms with Crippen LogP contribution in [0.4, 0.5) is 0 Å². The van der Waals surface area contributed by atoms with Crippen LogP contribution in [0.3, 0.4) is 0 Å². The predicted octanol–water partition coefficient (Wildman–Crippen LogP) is 3.23. The van der Waals surface area contributed by atoms with Crippen LogP contribution in [0.15, 0.2) is 29.6 Å². The van der Waals surface area contributed by atoms with Crippen molar-refractivity contribution in [3.05, 3.63) is 45.9 Å². The molecular formula is C19H25N3O2S. The molecule has 3 rings (SSSR count). The van der Waals surface area contributed by atoms with E-state index in [9.17, 15) is 4.79 Å². The van der Waals surface area contributed by atoms with Gasteiger partial charge in [0.05, 0.1) is 10.7 Å². The molecule has 2 N–H and O–H groups in total. The van der Waals surface area contributed by atoms with E-state index in [0.717, 1.165) is 36.6 Å². The van der Waals surface area contributed by atoms with Gasteiger partial charge in [0.1, 0.15) is 12.4 Å². The number of carbonyl (C=O) groups is 1. The SMILES string of the molecule is Cc1nc(COc2cccc(C(=O)N3CCC(C(C)N)CC3)c2)cs1. The van der Waals surface area contributed by atoms with Crippen molar-refractivity contribution in [1.82, 2.24) is 9.88 Å². The molecule has 5 nitrogen and oxygen atoms in total. The van der Waals surface area contributed by atoms with Gasteiger partial charge in [0.25, 0.3) is 5.91 Å². The topological polar surface area (TPSA) is 68.5 Å². The second-order valence-corrected chi connectivity index (χ2v) is 7.73. The minimum Gasteiger partial charge on any atom is -0.487 e. The molecule has 1 amide bonds. The molecule has 1 saturated heterocycles. The van der Waals surface area contributed by atoms with E-state index in [1.54, 1.807) is 11.3 Å². The van der Waals surface area contributed by atoms with Gasteiger partial charge in [-0.3, -0.25) is 4.79 Å². The number of thiazole rings is 1. The summed E-state index contributed by atoms with van der Waals surface area (Å²) >= 11 is 1.61. The smallest absolute Gasteiger partial charge is 0.253 e. The van der Waals surface area contributed by atoms with Crippen LogP contribution >= 0.6 is 11.3 Å². The number of hydrogen-bond acceptors (Lipinski definition) is 5. The summed E-state index contributed by atoms with van der Waals surface area (Å²) in [6.07, 6.45) is 1.95. The maximum absolute atomic E-state index is 12.7. The third kappa shape index (κ3) is 4.58. The lowest BCUT2D eigenvalue weighted by Gasteiger charge is -2.33. The lowest BCUT2D eigenvalue weighted by molar-refractivity contribution is 0.0680. The van der Waals surface area contributed by atoms with Crippen LogP contribution < -0.4 is 10.5 Å². The van der Waals surface area contributed by atoms with Crippen LogP contribution in [-0.2, 0) is 6.61 Å².